The summed E-state index contributed by atoms with van der Waals surface area (Å²) >= 11 is 1.22. The van der Waals surface area contributed by atoms with Gasteiger partial charge in [0.05, 0.1) is 11.3 Å². The first-order valence-corrected chi connectivity index (χ1v) is 8.57. The van der Waals surface area contributed by atoms with Crippen molar-refractivity contribution in [3.63, 3.8) is 0 Å². The summed E-state index contributed by atoms with van der Waals surface area (Å²) in [6, 6.07) is 15.3. The number of nitrogens with one attached hydrogen (secondary N) is 1. The van der Waals surface area contributed by atoms with Crippen LogP contribution >= 0.6 is 11.3 Å². The summed E-state index contributed by atoms with van der Waals surface area (Å²) in [4.78, 5) is 12.7. The number of nitrogens with zero attached hydrogens (tertiary/aromatic N) is 4. The molecule has 1 amide bonds. The highest BCUT2D eigenvalue weighted by atomic mass is 32.1. The predicted octanol–water partition coefficient (Wildman–Crippen LogP) is 3.78. The van der Waals surface area contributed by atoms with E-state index in [0.29, 0.717) is 22.0 Å². The molecule has 0 aliphatic heterocycles. The number of carbonyl (C=O) groups is 1. The van der Waals surface area contributed by atoms with Crippen molar-refractivity contribution in [1.29, 1.82) is 0 Å². The number of hydrogen-bond acceptors (Lipinski definition) is 5. The van der Waals surface area contributed by atoms with E-state index in [-0.39, 0.29) is 11.7 Å². The van der Waals surface area contributed by atoms with Crippen molar-refractivity contribution in [1.82, 2.24) is 20.0 Å². The van der Waals surface area contributed by atoms with Crippen molar-refractivity contribution in [3.8, 4) is 16.9 Å². The maximum absolute atomic E-state index is 13.3. The van der Waals surface area contributed by atoms with E-state index in [9.17, 15) is 9.18 Å². The first-order valence-electron chi connectivity index (χ1n) is 7.69. The van der Waals surface area contributed by atoms with E-state index in [1.165, 1.54) is 29.0 Å². The second-order valence-corrected chi connectivity index (χ2v) is 6.21. The molecule has 0 saturated carbocycles. The number of benzene rings is 2. The van der Waals surface area contributed by atoms with Gasteiger partial charge in [-0.2, -0.15) is 5.10 Å². The molecule has 0 unspecified atom stereocenters. The summed E-state index contributed by atoms with van der Waals surface area (Å²) in [5.74, 6) is -0.709. The number of amides is 1. The van der Waals surface area contributed by atoms with Crippen molar-refractivity contribution in [2.24, 2.45) is 0 Å². The topological polar surface area (TPSA) is 72.7 Å². The Morgan fingerprint density at radius 3 is 2.54 bits per heavy atom. The minimum Gasteiger partial charge on any atom is -0.296 e. The molecule has 0 bridgehead atoms. The van der Waals surface area contributed by atoms with Crippen LogP contribution in [0.5, 0.6) is 0 Å². The third-order valence-electron chi connectivity index (χ3n) is 3.68. The second-order valence-electron chi connectivity index (χ2n) is 5.38. The Balaban J connectivity index is 1.78. The van der Waals surface area contributed by atoms with E-state index in [1.54, 1.807) is 23.0 Å². The van der Waals surface area contributed by atoms with Crippen LogP contribution in [-0.2, 0) is 0 Å². The average Bonchev–Trinajstić information content (AvgIpc) is 3.33. The molecule has 6 nitrogen and oxygen atoms in total. The molecule has 8 heteroatoms. The molecule has 4 aromatic rings. The lowest BCUT2D eigenvalue weighted by molar-refractivity contribution is 0.102. The number of halogens is 1. The van der Waals surface area contributed by atoms with Gasteiger partial charge in [-0.3, -0.25) is 10.1 Å². The third kappa shape index (κ3) is 3.22. The van der Waals surface area contributed by atoms with Gasteiger partial charge in [-0.05, 0) is 36.4 Å². The minimum absolute atomic E-state index is 0.351. The summed E-state index contributed by atoms with van der Waals surface area (Å²) in [5.41, 5.74) is 3.80. The summed E-state index contributed by atoms with van der Waals surface area (Å²) in [7, 11) is 0. The Kier molecular flexibility index (Phi) is 4.24. The molecule has 4 rings (SSSR count). The van der Waals surface area contributed by atoms with Crippen LogP contribution in [0, 0.1) is 5.82 Å². The fraction of sp³-hybridized carbons (Fsp3) is 0. The van der Waals surface area contributed by atoms with Gasteiger partial charge in [-0.1, -0.05) is 29.5 Å². The summed E-state index contributed by atoms with van der Waals surface area (Å²) in [6.07, 6.45) is 1.64. The Labute approximate surface area is 151 Å². The maximum Gasteiger partial charge on any atom is 0.261 e. The van der Waals surface area contributed by atoms with Crippen LogP contribution in [0.3, 0.4) is 0 Å². The Hall–Kier alpha value is -3.39. The molecule has 0 spiro atoms. The number of anilines is 1. The molecule has 0 radical (unpaired) electrons. The largest absolute Gasteiger partial charge is 0.296 e. The van der Waals surface area contributed by atoms with E-state index in [0.717, 1.165) is 5.69 Å². The molecular formula is C18H12FN5OS. The van der Waals surface area contributed by atoms with Crippen molar-refractivity contribution < 1.29 is 9.18 Å². The lowest BCUT2D eigenvalue weighted by Crippen LogP contribution is -2.12. The van der Waals surface area contributed by atoms with Crippen LogP contribution < -0.4 is 5.32 Å². The first kappa shape index (κ1) is 16.1. The third-order valence-corrected chi connectivity index (χ3v) is 4.28. The SMILES string of the molecule is O=C(Nc1nncs1)c1cn(-c2ccccc2)nc1-c1ccc(F)cc1. The zero-order valence-electron chi connectivity index (χ0n) is 13.3. The van der Waals surface area contributed by atoms with Gasteiger partial charge in [0.15, 0.2) is 0 Å². The molecular weight excluding hydrogens is 353 g/mol. The molecule has 2 heterocycles. The van der Waals surface area contributed by atoms with Crippen molar-refractivity contribution in [3.05, 3.63) is 77.7 Å². The normalized spacial score (nSPS) is 10.7. The number of aromatic nitrogens is 4. The average molecular weight is 365 g/mol. The van der Waals surface area contributed by atoms with E-state index < -0.39 is 0 Å². The highest BCUT2D eigenvalue weighted by Crippen LogP contribution is 2.25. The van der Waals surface area contributed by atoms with Gasteiger partial charge in [0, 0.05) is 11.8 Å². The summed E-state index contributed by atoms with van der Waals surface area (Å²) < 4.78 is 14.9. The highest BCUT2D eigenvalue weighted by Gasteiger charge is 2.19. The molecule has 0 aliphatic carbocycles. The Bertz CT molecular complexity index is 1030. The number of hydrogen-bond donors (Lipinski definition) is 1. The fourth-order valence-corrected chi connectivity index (χ4v) is 2.91. The zero-order chi connectivity index (χ0) is 17.9. The lowest BCUT2D eigenvalue weighted by Gasteiger charge is -2.02. The zero-order valence-corrected chi connectivity index (χ0v) is 14.2. The van der Waals surface area contributed by atoms with Gasteiger partial charge in [-0.15, -0.1) is 10.2 Å². The van der Waals surface area contributed by atoms with E-state index >= 15 is 0 Å². The van der Waals surface area contributed by atoms with Crippen molar-refractivity contribution in [2.75, 3.05) is 5.32 Å². The molecule has 0 atom stereocenters. The van der Waals surface area contributed by atoms with E-state index in [2.05, 4.69) is 20.6 Å². The van der Waals surface area contributed by atoms with Gasteiger partial charge in [0.2, 0.25) is 5.13 Å². The number of para-hydroxylation sites is 1. The molecule has 0 fully saturated rings. The van der Waals surface area contributed by atoms with E-state index in [4.69, 9.17) is 0 Å². The van der Waals surface area contributed by atoms with Crippen LogP contribution in [-0.4, -0.2) is 25.9 Å². The molecule has 0 saturated heterocycles. The summed E-state index contributed by atoms with van der Waals surface area (Å²) in [6.45, 7) is 0. The smallest absolute Gasteiger partial charge is 0.261 e. The molecule has 2 aromatic heterocycles. The fourth-order valence-electron chi connectivity index (χ4n) is 2.47. The maximum atomic E-state index is 13.3. The van der Waals surface area contributed by atoms with Gasteiger partial charge >= 0.3 is 0 Å². The van der Waals surface area contributed by atoms with Crippen molar-refractivity contribution in [2.45, 2.75) is 0 Å². The molecule has 2 aromatic carbocycles. The van der Waals surface area contributed by atoms with Gasteiger partial charge in [0.1, 0.15) is 17.0 Å². The summed E-state index contributed by atoms with van der Waals surface area (Å²) in [5, 5.41) is 15.2. The molecule has 128 valence electrons. The van der Waals surface area contributed by atoms with Crippen LogP contribution in [0.1, 0.15) is 10.4 Å². The lowest BCUT2D eigenvalue weighted by atomic mass is 10.1. The van der Waals surface area contributed by atoms with Gasteiger partial charge in [0.25, 0.3) is 5.91 Å². The standard InChI is InChI=1S/C18H12FN5OS/c19-13-8-6-12(7-9-13)16-15(17(25)21-18-22-20-11-26-18)10-24(23-16)14-4-2-1-3-5-14/h1-11H,(H,21,22,25). The Morgan fingerprint density at radius 1 is 1.08 bits per heavy atom. The molecule has 0 aliphatic rings. The monoisotopic (exact) mass is 365 g/mol. The minimum atomic E-state index is -0.358. The van der Waals surface area contributed by atoms with Gasteiger partial charge < -0.3 is 0 Å². The van der Waals surface area contributed by atoms with Crippen LogP contribution in [0.15, 0.2) is 66.3 Å². The predicted molar refractivity (Wildman–Crippen MR) is 96.8 cm³/mol. The molecule has 26 heavy (non-hydrogen) atoms. The van der Waals surface area contributed by atoms with Gasteiger partial charge in [-0.25, -0.2) is 9.07 Å². The number of rotatable bonds is 4. The first-order chi connectivity index (χ1) is 12.7. The number of carbonyl (C=O) groups excluding carboxylic acids is 1. The second kappa shape index (κ2) is 6.85. The quantitative estimate of drug-likeness (QED) is 0.597. The van der Waals surface area contributed by atoms with Crippen molar-refractivity contribution >= 4 is 22.4 Å². The van der Waals surface area contributed by atoms with Crippen LogP contribution in [0.25, 0.3) is 16.9 Å². The highest BCUT2D eigenvalue weighted by molar-refractivity contribution is 7.13. The Morgan fingerprint density at radius 2 is 1.85 bits per heavy atom. The molecule has 1 N–H and O–H groups in total. The van der Waals surface area contributed by atoms with Crippen LogP contribution in [0.4, 0.5) is 9.52 Å². The van der Waals surface area contributed by atoms with E-state index in [1.807, 2.05) is 30.3 Å². The van der Waals surface area contributed by atoms with Crippen LogP contribution in [0.2, 0.25) is 0 Å².